The van der Waals surface area contributed by atoms with Gasteiger partial charge in [-0.2, -0.15) is 11.8 Å². The van der Waals surface area contributed by atoms with Crippen molar-refractivity contribution in [1.29, 1.82) is 0 Å². The van der Waals surface area contributed by atoms with Crippen molar-refractivity contribution in [2.24, 2.45) is 0 Å². The van der Waals surface area contributed by atoms with E-state index in [4.69, 9.17) is 4.74 Å². The number of ether oxygens (including phenoxy) is 1. The quantitative estimate of drug-likeness (QED) is 0.668. The van der Waals surface area contributed by atoms with Crippen molar-refractivity contribution < 1.29 is 19.1 Å². The minimum absolute atomic E-state index is 0.0245. The minimum Gasteiger partial charge on any atom is -0.497 e. The number of anilines is 1. The number of hydrogen-bond donors (Lipinski definition) is 2. The summed E-state index contributed by atoms with van der Waals surface area (Å²) in [4.78, 5) is 39.0. The number of benzene rings is 2. The number of amides is 3. The van der Waals surface area contributed by atoms with Crippen molar-refractivity contribution in [2.45, 2.75) is 26.3 Å². The normalized spacial score (nSPS) is 14.4. The SMILES string of the molecule is COc1ccc(C(CC(=O)Nc2ccc(C(=O)N3CCSCC3)cc2C)NC(C)=O)cc1. The van der Waals surface area contributed by atoms with Crippen LogP contribution in [0.15, 0.2) is 42.5 Å². The zero-order chi connectivity index (χ0) is 23.1. The van der Waals surface area contributed by atoms with Crippen molar-refractivity contribution in [3.05, 3.63) is 59.2 Å². The van der Waals surface area contributed by atoms with E-state index in [1.807, 2.05) is 41.8 Å². The van der Waals surface area contributed by atoms with E-state index in [0.29, 0.717) is 17.0 Å². The Hall–Kier alpha value is -3.00. The third-order valence-electron chi connectivity index (χ3n) is 5.33. The first kappa shape index (κ1) is 23.7. The molecule has 2 aromatic carbocycles. The average molecular weight is 456 g/mol. The lowest BCUT2D eigenvalue weighted by Gasteiger charge is -2.26. The molecule has 3 rings (SSSR count). The number of hydrogen-bond acceptors (Lipinski definition) is 5. The topological polar surface area (TPSA) is 87.7 Å². The summed E-state index contributed by atoms with van der Waals surface area (Å²) in [7, 11) is 1.58. The largest absolute Gasteiger partial charge is 0.497 e. The maximum Gasteiger partial charge on any atom is 0.253 e. The van der Waals surface area contributed by atoms with Gasteiger partial charge in [0, 0.05) is 42.8 Å². The second-order valence-electron chi connectivity index (χ2n) is 7.71. The molecule has 1 fully saturated rings. The number of rotatable bonds is 7. The number of thioether (sulfide) groups is 1. The molecule has 1 heterocycles. The van der Waals surface area contributed by atoms with E-state index in [1.165, 1.54) is 6.92 Å². The molecule has 170 valence electrons. The van der Waals surface area contributed by atoms with Crippen LogP contribution in [0.4, 0.5) is 5.69 Å². The Morgan fingerprint density at radius 3 is 2.38 bits per heavy atom. The monoisotopic (exact) mass is 455 g/mol. The number of carbonyl (C=O) groups is 3. The number of nitrogens with one attached hydrogen (secondary N) is 2. The molecule has 0 spiro atoms. The van der Waals surface area contributed by atoms with Gasteiger partial charge in [-0.15, -0.1) is 0 Å². The van der Waals surface area contributed by atoms with Crippen LogP contribution in [0.2, 0.25) is 0 Å². The van der Waals surface area contributed by atoms with Crippen LogP contribution in [0, 0.1) is 6.92 Å². The number of aryl methyl sites for hydroxylation is 1. The molecule has 0 radical (unpaired) electrons. The van der Waals surface area contributed by atoms with Gasteiger partial charge in [0.1, 0.15) is 5.75 Å². The van der Waals surface area contributed by atoms with E-state index in [1.54, 1.807) is 31.4 Å². The maximum atomic E-state index is 12.8. The molecule has 3 amide bonds. The van der Waals surface area contributed by atoms with E-state index in [2.05, 4.69) is 10.6 Å². The second-order valence-corrected chi connectivity index (χ2v) is 8.94. The maximum absolute atomic E-state index is 12.8. The van der Waals surface area contributed by atoms with Gasteiger partial charge in [-0.3, -0.25) is 14.4 Å². The molecule has 0 bridgehead atoms. The molecule has 1 aliphatic rings. The summed E-state index contributed by atoms with van der Waals surface area (Å²) in [5.41, 5.74) is 2.91. The summed E-state index contributed by atoms with van der Waals surface area (Å²) in [6.07, 6.45) is 0.0808. The van der Waals surface area contributed by atoms with E-state index < -0.39 is 6.04 Å². The summed E-state index contributed by atoms with van der Waals surface area (Å²) in [6, 6.07) is 12.1. The van der Waals surface area contributed by atoms with Crippen LogP contribution in [0.1, 0.15) is 40.9 Å². The van der Waals surface area contributed by atoms with Crippen molar-refractivity contribution in [3.63, 3.8) is 0 Å². The summed E-state index contributed by atoms with van der Waals surface area (Å²) in [5.74, 6) is 2.21. The summed E-state index contributed by atoms with van der Waals surface area (Å²) in [6.45, 7) is 4.82. The van der Waals surface area contributed by atoms with Gasteiger partial charge in [0.15, 0.2) is 0 Å². The first-order valence-corrected chi connectivity index (χ1v) is 11.7. The lowest BCUT2D eigenvalue weighted by atomic mass is 10.0. The van der Waals surface area contributed by atoms with E-state index >= 15 is 0 Å². The van der Waals surface area contributed by atoms with Crippen molar-refractivity contribution in [3.8, 4) is 5.75 Å². The molecule has 0 aromatic heterocycles. The van der Waals surface area contributed by atoms with Crippen LogP contribution < -0.4 is 15.4 Å². The summed E-state index contributed by atoms with van der Waals surface area (Å²) >= 11 is 1.86. The Morgan fingerprint density at radius 1 is 1.09 bits per heavy atom. The highest BCUT2D eigenvalue weighted by atomic mass is 32.2. The standard InChI is InChI=1S/C24H29N3O4S/c1-16-14-19(24(30)27-10-12-32-13-11-27)6-9-21(16)26-23(29)15-22(25-17(2)28)18-4-7-20(31-3)8-5-18/h4-9,14,22H,10-13,15H2,1-3H3,(H,25,28)(H,26,29). The van der Waals surface area contributed by atoms with Gasteiger partial charge in [0.25, 0.3) is 5.91 Å². The van der Waals surface area contributed by atoms with Crippen LogP contribution in [0.25, 0.3) is 0 Å². The third kappa shape index (κ3) is 6.26. The number of nitrogens with zero attached hydrogens (tertiary/aromatic N) is 1. The minimum atomic E-state index is -0.462. The molecule has 8 heteroatoms. The van der Waals surface area contributed by atoms with Crippen LogP contribution in [-0.4, -0.2) is 54.3 Å². The van der Waals surface area contributed by atoms with Crippen LogP contribution in [0.5, 0.6) is 5.75 Å². The molecule has 2 aromatic rings. The van der Waals surface area contributed by atoms with Gasteiger partial charge in [-0.05, 0) is 48.4 Å². The van der Waals surface area contributed by atoms with Crippen LogP contribution >= 0.6 is 11.8 Å². The summed E-state index contributed by atoms with van der Waals surface area (Å²) < 4.78 is 5.17. The molecular formula is C24H29N3O4S. The molecule has 1 unspecified atom stereocenters. The highest BCUT2D eigenvalue weighted by Gasteiger charge is 2.20. The highest BCUT2D eigenvalue weighted by molar-refractivity contribution is 7.99. The van der Waals surface area contributed by atoms with Gasteiger partial charge in [-0.25, -0.2) is 0 Å². The molecule has 2 N–H and O–H groups in total. The Kier molecular flexibility index (Phi) is 8.16. The Bertz CT molecular complexity index is 972. The van der Waals surface area contributed by atoms with Gasteiger partial charge in [-0.1, -0.05) is 12.1 Å². The van der Waals surface area contributed by atoms with E-state index in [-0.39, 0.29) is 24.1 Å². The summed E-state index contributed by atoms with van der Waals surface area (Å²) in [5, 5.41) is 5.74. The van der Waals surface area contributed by atoms with Crippen molar-refractivity contribution in [2.75, 3.05) is 37.0 Å². The average Bonchev–Trinajstić information content (AvgIpc) is 2.80. The lowest BCUT2D eigenvalue weighted by Crippen LogP contribution is -2.37. The van der Waals surface area contributed by atoms with Crippen LogP contribution in [-0.2, 0) is 9.59 Å². The molecule has 7 nitrogen and oxygen atoms in total. The third-order valence-corrected chi connectivity index (χ3v) is 6.27. The second kappa shape index (κ2) is 11.0. The predicted octanol–water partition coefficient (Wildman–Crippen LogP) is 3.40. The van der Waals surface area contributed by atoms with Crippen molar-refractivity contribution in [1.82, 2.24) is 10.2 Å². The van der Waals surface area contributed by atoms with Gasteiger partial charge < -0.3 is 20.3 Å². The zero-order valence-electron chi connectivity index (χ0n) is 18.6. The van der Waals surface area contributed by atoms with Gasteiger partial charge >= 0.3 is 0 Å². The Morgan fingerprint density at radius 2 is 1.78 bits per heavy atom. The molecular weight excluding hydrogens is 426 g/mol. The van der Waals surface area contributed by atoms with E-state index in [9.17, 15) is 14.4 Å². The first-order valence-electron chi connectivity index (χ1n) is 10.6. The Balaban J connectivity index is 1.67. The molecule has 0 aliphatic carbocycles. The smallest absolute Gasteiger partial charge is 0.253 e. The first-order chi connectivity index (χ1) is 15.4. The van der Waals surface area contributed by atoms with Crippen molar-refractivity contribution >= 4 is 35.2 Å². The molecule has 1 saturated heterocycles. The van der Waals surface area contributed by atoms with E-state index in [0.717, 1.165) is 35.7 Å². The molecule has 32 heavy (non-hydrogen) atoms. The molecule has 0 saturated carbocycles. The van der Waals surface area contributed by atoms with Crippen LogP contribution in [0.3, 0.4) is 0 Å². The van der Waals surface area contributed by atoms with Gasteiger partial charge in [0.2, 0.25) is 11.8 Å². The lowest BCUT2D eigenvalue weighted by molar-refractivity contribution is -0.120. The Labute approximate surface area is 192 Å². The fraction of sp³-hybridized carbons (Fsp3) is 0.375. The predicted molar refractivity (Wildman–Crippen MR) is 127 cm³/mol. The fourth-order valence-corrected chi connectivity index (χ4v) is 4.51. The number of carbonyl (C=O) groups excluding carboxylic acids is 3. The fourth-order valence-electron chi connectivity index (χ4n) is 3.61. The van der Waals surface area contributed by atoms with Gasteiger partial charge in [0.05, 0.1) is 19.6 Å². The molecule has 1 atom stereocenters. The highest BCUT2D eigenvalue weighted by Crippen LogP contribution is 2.23. The number of methoxy groups -OCH3 is 1. The molecule has 1 aliphatic heterocycles. The zero-order valence-corrected chi connectivity index (χ0v) is 19.5.